The van der Waals surface area contributed by atoms with Gasteiger partial charge in [0, 0.05) is 45.2 Å². The van der Waals surface area contributed by atoms with Gasteiger partial charge in [0.1, 0.15) is 0 Å². The molecule has 3 aromatic heterocycles. The van der Waals surface area contributed by atoms with E-state index in [0.29, 0.717) is 5.95 Å². The molecule has 0 aliphatic rings. The highest BCUT2D eigenvalue weighted by molar-refractivity contribution is 6.12. The maximum atomic E-state index is 4.94. The van der Waals surface area contributed by atoms with Gasteiger partial charge >= 0.3 is 0 Å². The summed E-state index contributed by atoms with van der Waals surface area (Å²) >= 11 is 0. The quantitative estimate of drug-likeness (QED) is 0.172. The van der Waals surface area contributed by atoms with Crippen LogP contribution in [0.5, 0.6) is 0 Å². The fourth-order valence-corrected chi connectivity index (χ4v) is 8.33. The van der Waals surface area contributed by atoms with E-state index in [1.165, 1.54) is 66.0 Å². The maximum absolute atomic E-state index is 4.94. The summed E-state index contributed by atoms with van der Waals surface area (Å²) in [4.78, 5) is 9.89. The molecule has 4 heteroatoms. The van der Waals surface area contributed by atoms with E-state index in [4.69, 9.17) is 9.97 Å². The topological polar surface area (TPSA) is 35.6 Å². The summed E-state index contributed by atoms with van der Waals surface area (Å²) in [5.41, 5.74) is 14.9. The lowest BCUT2D eigenvalue weighted by atomic mass is 9.98. The molecule has 11 aromatic rings. The van der Waals surface area contributed by atoms with Gasteiger partial charge in [0.2, 0.25) is 5.95 Å². The Morgan fingerprint density at radius 3 is 1.29 bits per heavy atom. The van der Waals surface area contributed by atoms with Gasteiger partial charge in [0.25, 0.3) is 0 Å². The standard InChI is InChI=1S/C52H34N4/c1-3-12-35(13-4-1)38-14-11-15-39(30-38)36-22-24-37(25-23-36)42-33-53-52(54-34-42)56-49-21-10-8-19-45(49)47-32-41(27-29-51(47)56)40-26-28-50-46(31-40)44-18-7-9-20-48(44)55(50)43-16-5-2-6-17-43/h1-34H. The molecule has 0 saturated heterocycles. The summed E-state index contributed by atoms with van der Waals surface area (Å²) in [5.74, 6) is 0.650. The molecule has 0 atom stereocenters. The normalized spacial score (nSPS) is 11.6. The maximum Gasteiger partial charge on any atom is 0.234 e. The molecule has 11 rings (SSSR count). The van der Waals surface area contributed by atoms with E-state index in [1.54, 1.807) is 0 Å². The van der Waals surface area contributed by atoms with E-state index in [0.717, 1.165) is 27.8 Å². The third kappa shape index (κ3) is 5.31. The van der Waals surface area contributed by atoms with Crippen molar-refractivity contribution in [2.24, 2.45) is 0 Å². The van der Waals surface area contributed by atoms with Gasteiger partial charge in [-0.15, -0.1) is 0 Å². The Kier molecular flexibility index (Phi) is 7.46. The zero-order valence-electron chi connectivity index (χ0n) is 30.4. The molecule has 0 amide bonds. The minimum absolute atomic E-state index is 0.650. The number of fused-ring (bicyclic) bond motifs is 6. The molecule has 0 saturated carbocycles. The van der Waals surface area contributed by atoms with Gasteiger partial charge < -0.3 is 4.57 Å². The molecule has 0 bridgehead atoms. The Balaban J connectivity index is 0.938. The predicted molar refractivity (Wildman–Crippen MR) is 232 cm³/mol. The average molecular weight is 715 g/mol. The summed E-state index contributed by atoms with van der Waals surface area (Å²) in [6, 6.07) is 69.3. The van der Waals surface area contributed by atoms with E-state index >= 15 is 0 Å². The number of hydrogen-bond acceptors (Lipinski definition) is 2. The first-order chi connectivity index (χ1) is 27.8. The van der Waals surface area contributed by atoms with Crippen molar-refractivity contribution in [3.63, 3.8) is 0 Å². The third-order valence-corrected chi connectivity index (χ3v) is 11.1. The molecule has 0 N–H and O–H groups in total. The Morgan fingerprint density at radius 1 is 0.268 bits per heavy atom. The van der Waals surface area contributed by atoms with Crippen molar-refractivity contribution in [2.45, 2.75) is 0 Å². The first-order valence-electron chi connectivity index (χ1n) is 19.0. The molecule has 3 heterocycles. The van der Waals surface area contributed by atoms with Gasteiger partial charge in [-0.1, -0.05) is 140 Å². The van der Waals surface area contributed by atoms with E-state index in [9.17, 15) is 0 Å². The summed E-state index contributed by atoms with van der Waals surface area (Å²) < 4.78 is 4.54. The lowest BCUT2D eigenvalue weighted by molar-refractivity contribution is 0.990. The molecule has 262 valence electrons. The molecule has 0 fully saturated rings. The first kappa shape index (κ1) is 31.9. The van der Waals surface area contributed by atoms with Crippen LogP contribution in [0.15, 0.2) is 207 Å². The van der Waals surface area contributed by atoms with Crippen molar-refractivity contribution < 1.29 is 0 Å². The Morgan fingerprint density at radius 2 is 0.679 bits per heavy atom. The van der Waals surface area contributed by atoms with E-state index in [2.05, 4.69) is 203 Å². The smallest absolute Gasteiger partial charge is 0.234 e. The summed E-state index contributed by atoms with van der Waals surface area (Å²) in [6.45, 7) is 0. The van der Waals surface area contributed by atoms with Crippen molar-refractivity contribution in [3.05, 3.63) is 207 Å². The minimum Gasteiger partial charge on any atom is -0.309 e. The zero-order chi connectivity index (χ0) is 37.0. The van der Waals surface area contributed by atoms with Gasteiger partial charge in [-0.3, -0.25) is 4.57 Å². The van der Waals surface area contributed by atoms with Gasteiger partial charge in [-0.05, 0) is 93.5 Å². The number of hydrogen-bond donors (Lipinski definition) is 0. The molecule has 4 nitrogen and oxygen atoms in total. The van der Waals surface area contributed by atoms with E-state index in [1.807, 2.05) is 12.4 Å². The van der Waals surface area contributed by atoms with Crippen LogP contribution in [0.25, 0.3) is 99.8 Å². The van der Waals surface area contributed by atoms with Crippen LogP contribution in [0, 0.1) is 0 Å². The van der Waals surface area contributed by atoms with Crippen molar-refractivity contribution in [2.75, 3.05) is 0 Å². The predicted octanol–water partition coefficient (Wildman–Crippen LogP) is 13.3. The summed E-state index contributed by atoms with van der Waals surface area (Å²) in [5, 5.41) is 4.83. The lowest BCUT2D eigenvalue weighted by Crippen LogP contribution is -2.00. The van der Waals surface area contributed by atoms with Gasteiger partial charge in [0.15, 0.2) is 0 Å². The molecular formula is C52H34N4. The minimum atomic E-state index is 0.650. The van der Waals surface area contributed by atoms with Crippen molar-refractivity contribution in [3.8, 4) is 56.1 Å². The summed E-state index contributed by atoms with van der Waals surface area (Å²) in [7, 11) is 0. The van der Waals surface area contributed by atoms with E-state index < -0.39 is 0 Å². The number of nitrogens with zero attached hydrogens (tertiary/aromatic N) is 4. The van der Waals surface area contributed by atoms with Crippen LogP contribution in [-0.2, 0) is 0 Å². The molecule has 0 radical (unpaired) electrons. The van der Waals surface area contributed by atoms with Gasteiger partial charge in [-0.25, -0.2) is 9.97 Å². The third-order valence-electron chi connectivity index (χ3n) is 11.1. The molecular weight excluding hydrogens is 681 g/mol. The second-order valence-corrected chi connectivity index (χ2v) is 14.3. The molecule has 0 spiro atoms. The van der Waals surface area contributed by atoms with Crippen LogP contribution in [0.3, 0.4) is 0 Å². The zero-order valence-corrected chi connectivity index (χ0v) is 30.4. The first-order valence-corrected chi connectivity index (χ1v) is 19.0. The largest absolute Gasteiger partial charge is 0.309 e. The fourth-order valence-electron chi connectivity index (χ4n) is 8.33. The fraction of sp³-hybridized carbons (Fsp3) is 0. The highest BCUT2D eigenvalue weighted by Gasteiger charge is 2.17. The number of benzene rings is 8. The monoisotopic (exact) mass is 714 g/mol. The molecule has 8 aromatic carbocycles. The van der Waals surface area contributed by atoms with Crippen molar-refractivity contribution in [1.82, 2.24) is 19.1 Å². The van der Waals surface area contributed by atoms with Crippen LogP contribution < -0.4 is 0 Å². The molecule has 0 aliphatic heterocycles. The summed E-state index contributed by atoms with van der Waals surface area (Å²) in [6.07, 6.45) is 3.87. The van der Waals surface area contributed by atoms with E-state index in [-0.39, 0.29) is 0 Å². The lowest BCUT2D eigenvalue weighted by Gasteiger charge is -2.09. The molecule has 56 heavy (non-hydrogen) atoms. The second-order valence-electron chi connectivity index (χ2n) is 14.3. The Bertz CT molecular complexity index is 3210. The number of para-hydroxylation sites is 3. The van der Waals surface area contributed by atoms with Crippen LogP contribution in [-0.4, -0.2) is 19.1 Å². The highest BCUT2D eigenvalue weighted by atomic mass is 15.1. The Hall–Kier alpha value is -7.56. The SMILES string of the molecule is c1ccc(-c2cccc(-c3ccc(-c4cnc(-n5c6ccccc6c6cc(-c7ccc8c(c7)c7ccccc7n8-c7ccccc7)ccc65)nc4)cc3)c2)cc1. The number of rotatable bonds is 6. The molecule has 0 unspecified atom stereocenters. The average Bonchev–Trinajstić information content (AvgIpc) is 3.79. The van der Waals surface area contributed by atoms with Crippen LogP contribution in [0.1, 0.15) is 0 Å². The van der Waals surface area contributed by atoms with Crippen molar-refractivity contribution >= 4 is 43.6 Å². The molecule has 0 aliphatic carbocycles. The van der Waals surface area contributed by atoms with Gasteiger partial charge in [-0.2, -0.15) is 0 Å². The highest BCUT2D eigenvalue weighted by Crippen LogP contribution is 2.38. The van der Waals surface area contributed by atoms with Crippen LogP contribution in [0.4, 0.5) is 0 Å². The van der Waals surface area contributed by atoms with Crippen LogP contribution >= 0.6 is 0 Å². The van der Waals surface area contributed by atoms with Crippen molar-refractivity contribution in [1.29, 1.82) is 0 Å². The second kappa shape index (κ2) is 13.1. The Labute approximate surface area is 324 Å². The van der Waals surface area contributed by atoms with Gasteiger partial charge in [0.05, 0.1) is 22.1 Å². The number of aromatic nitrogens is 4. The van der Waals surface area contributed by atoms with Crippen LogP contribution in [0.2, 0.25) is 0 Å².